The molecule has 0 radical (unpaired) electrons. The summed E-state index contributed by atoms with van der Waals surface area (Å²) in [5.41, 5.74) is 0.908. The van der Waals surface area contributed by atoms with Gasteiger partial charge in [0.1, 0.15) is 7.05 Å². The summed E-state index contributed by atoms with van der Waals surface area (Å²) in [6, 6.07) is 7.54. The molecule has 0 heterocycles. The Kier molecular flexibility index (Phi) is 2.65. The van der Waals surface area contributed by atoms with Gasteiger partial charge in [0, 0.05) is 10.0 Å². The normalized spacial score (nSPS) is 11.6. The lowest BCUT2D eigenvalue weighted by molar-refractivity contribution is -0.416. The first kappa shape index (κ1) is 8.27. The van der Waals surface area contributed by atoms with Crippen molar-refractivity contribution >= 4 is 22.1 Å². The van der Waals surface area contributed by atoms with Crippen LogP contribution in [0.1, 0.15) is 5.56 Å². The van der Waals surface area contributed by atoms with Crippen molar-refractivity contribution < 1.29 is 4.74 Å². The zero-order valence-electron chi connectivity index (χ0n) is 6.12. The van der Waals surface area contributed by atoms with Crippen LogP contribution < -0.4 is 0 Å². The third-order valence-electron chi connectivity index (χ3n) is 1.20. The second-order valence-corrected chi connectivity index (χ2v) is 3.14. The minimum absolute atomic E-state index is 0.781. The maximum absolute atomic E-state index is 10.5. The first-order chi connectivity index (χ1) is 5.18. The zero-order valence-corrected chi connectivity index (χ0v) is 7.71. The Bertz CT molecular complexity index is 262. The van der Waals surface area contributed by atoms with Crippen LogP contribution in [0.15, 0.2) is 28.7 Å². The van der Waals surface area contributed by atoms with Gasteiger partial charge in [0.25, 0.3) is 0 Å². The van der Waals surface area contributed by atoms with Crippen molar-refractivity contribution in [1.29, 1.82) is 0 Å². The Morgan fingerprint density at radius 2 is 1.91 bits per heavy atom. The average molecular weight is 214 g/mol. The van der Waals surface area contributed by atoms with Crippen LogP contribution in [-0.2, 0) is 0 Å². The van der Waals surface area contributed by atoms with E-state index in [1.165, 1.54) is 13.3 Å². The van der Waals surface area contributed by atoms with E-state index >= 15 is 0 Å². The molecule has 0 saturated carbocycles. The maximum atomic E-state index is 10.5. The lowest BCUT2D eigenvalue weighted by Gasteiger charge is -1.95. The summed E-state index contributed by atoms with van der Waals surface area (Å²) in [7, 11) is 1.46. The largest absolute Gasteiger partial charge is 0.624 e. The molecule has 3 heteroatoms. The summed E-state index contributed by atoms with van der Waals surface area (Å²) in [5, 5.41) is 10.5. The summed E-state index contributed by atoms with van der Waals surface area (Å²) in [4.78, 5) is 0. The van der Waals surface area contributed by atoms with Crippen molar-refractivity contribution in [3.8, 4) is 0 Å². The molecule has 0 aromatic heterocycles. The maximum Gasteiger partial charge on any atom is 0.181 e. The molecule has 2 nitrogen and oxygen atoms in total. The van der Waals surface area contributed by atoms with Gasteiger partial charge < -0.3 is 5.21 Å². The molecule has 0 fully saturated rings. The quantitative estimate of drug-likeness (QED) is 0.304. The fraction of sp³-hybridized carbons (Fsp3) is 0.125. The highest BCUT2D eigenvalue weighted by Gasteiger charge is 1.90. The second-order valence-electron chi connectivity index (χ2n) is 2.23. The monoisotopic (exact) mass is 213 g/mol. The highest BCUT2D eigenvalue weighted by Crippen LogP contribution is 2.08. The highest BCUT2D eigenvalue weighted by atomic mass is 79.9. The Hall–Kier alpha value is -0.830. The van der Waals surface area contributed by atoms with Crippen molar-refractivity contribution in [2.45, 2.75) is 0 Å². The summed E-state index contributed by atoms with van der Waals surface area (Å²) in [6.07, 6.45) is 1.52. The van der Waals surface area contributed by atoms with E-state index in [4.69, 9.17) is 0 Å². The molecule has 0 aliphatic heterocycles. The van der Waals surface area contributed by atoms with E-state index in [9.17, 15) is 5.21 Å². The fourth-order valence-corrected chi connectivity index (χ4v) is 1.02. The predicted octanol–water partition coefficient (Wildman–Crippen LogP) is 2.01. The van der Waals surface area contributed by atoms with Gasteiger partial charge in [0.05, 0.1) is 0 Å². The fourth-order valence-electron chi connectivity index (χ4n) is 0.759. The lowest BCUT2D eigenvalue weighted by atomic mass is 10.2. The van der Waals surface area contributed by atoms with E-state index in [2.05, 4.69) is 15.9 Å². The standard InChI is InChI=1S/C8H8BrNO/c1-10(11)6-7-2-4-8(9)5-3-7/h2-6H,1H3/b10-6+. The minimum Gasteiger partial charge on any atom is -0.624 e. The van der Waals surface area contributed by atoms with Gasteiger partial charge in [-0.2, -0.15) is 0 Å². The predicted molar refractivity (Wildman–Crippen MR) is 48.9 cm³/mol. The molecule has 0 amide bonds. The molecule has 1 rings (SSSR count). The molecule has 1 aromatic carbocycles. The van der Waals surface area contributed by atoms with Crippen molar-refractivity contribution in [1.82, 2.24) is 0 Å². The van der Waals surface area contributed by atoms with E-state index in [0.717, 1.165) is 14.8 Å². The van der Waals surface area contributed by atoms with Crippen LogP contribution in [0.4, 0.5) is 0 Å². The van der Waals surface area contributed by atoms with E-state index in [0.29, 0.717) is 0 Å². The van der Waals surface area contributed by atoms with E-state index in [1.54, 1.807) is 0 Å². The van der Waals surface area contributed by atoms with Gasteiger partial charge in [-0.3, -0.25) is 0 Å². The third kappa shape index (κ3) is 2.72. The SMILES string of the molecule is C/[N+]([O-])=C\c1ccc(Br)cc1. The Morgan fingerprint density at radius 3 is 2.36 bits per heavy atom. The molecule has 0 N–H and O–H groups in total. The molecule has 0 atom stereocenters. The van der Waals surface area contributed by atoms with Crippen molar-refractivity contribution in [3.63, 3.8) is 0 Å². The Morgan fingerprint density at radius 1 is 1.36 bits per heavy atom. The minimum atomic E-state index is 0.781. The van der Waals surface area contributed by atoms with Crippen LogP contribution in [0, 0.1) is 5.21 Å². The summed E-state index contributed by atoms with van der Waals surface area (Å²) in [5.74, 6) is 0. The van der Waals surface area contributed by atoms with Gasteiger partial charge in [0.15, 0.2) is 6.21 Å². The van der Waals surface area contributed by atoms with Gasteiger partial charge in [-0.15, -0.1) is 0 Å². The van der Waals surface area contributed by atoms with Gasteiger partial charge in [-0.25, -0.2) is 4.74 Å². The summed E-state index contributed by atoms with van der Waals surface area (Å²) < 4.78 is 1.80. The van der Waals surface area contributed by atoms with Crippen LogP contribution >= 0.6 is 15.9 Å². The van der Waals surface area contributed by atoms with Crippen molar-refractivity contribution in [2.24, 2.45) is 0 Å². The number of hydrogen-bond donors (Lipinski definition) is 0. The lowest BCUT2D eigenvalue weighted by Crippen LogP contribution is -1.96. The third-order valence-corrected chi connectivity index (χ3v) is 1.73. The number of nitrogens with zero attached hydrogens (tertiary/aromatic N) is 1. The van der Waals surface area contributed by atoms with Crippen molar-refractivity contribution in [2.75, 3.05) is 7.05 Å². The molecule has 0 bridgehead atoms. The molecule has 0 aliphatic rings. The summed E-state index contributed by atoms with van der Waals surface area (Å²) in [6.45, 7) is 0. The van der Waals surface area contributed by atoms with E-state index in [1.807, 2.05) is 24.3 Å². The number of hydrogen-bond acceptors (Lipinski definition) is 1. The second kappa shape index (κ2) is 3.53. The number of hydroxylamine groups is 1. The van der Waals surface area contributed by atoms with Gasteiger partial charge in [-0.1, -0.05) is 15.9 Å². The van der Waals surface area contributed by atoms with E-state index in [-0.39, 0.29) is 0 Å². The first-order valence-electron chi connectivity index (χ1n) is 3.19. The molecule has 58 valence electrons. The Labute approximate surface area is 73.9 Å². The van der Waals surface area contributed by atoms with Crippen LogP contribution in [0.25, 0.3) is 0 Å². The molecule has 0 unspecified atom stereocenters. The van der Waals surface area contributed by atoms with Crippen molar-refractivity contribution in [3.05, 3.63) is 39.5 Å². The van der Waals surface area contributed by atoms with Gasteiger partial charge in [0.2, 0.25) is 0 Å². The van der Waals surface area contributed by atoms with Crippen LogP contribution in [0.2, 0.25) is 0 Å². The topological polar surface area (TPSA) is 26.1 Å². The zero-order chi connectivity index (χ0) is 8.27. The molecule has 0 spiro atoms. The highest BCUT2D eigenvalue weighted by molar-refractivity contribution is 9.10. The van der Waals surface area contributed by atoms with Crippen LogP contribution in [0.3, 0.4) is 0 Å². The van der Waals surface area contributed by atoms with Gasteiger partial charge in [-0.05, 0) is 24.3 Å². The van der Waals surface area contributed by atoms with E-state index < -0.39 is 0 Å². The van der Waals surface area contributed by atoms with Gasteiger partial charge >= 0.3 is 0 Å². The first-order valence-corrected chi connectivity index (χ1v) is 3.98. The Balaban J connectivity index is 2.91. The number of rotatable bonds is 1. The molecule has 0 saturated heterocycles. The van der Waals surface area contributed by atoms with Crippen LogP contribution in [-0.4, -0.2) is 18.0 Å². The molecule has 1 aromatic rings. The number of halogens is 1. The molecular weight excluding hydrogens is 206 g/mol. The molecule has 0 aliphatic carbocycles. The average Bonchev–Trinajstić information content (AvgIpc) is 1.93. The molecular formula is C8H8BrNO. The number of benzene rings is 1. The van der Waals surface area contributed by atoms with Crippen LogP contribution in [0.5, 0.6) is 0 Å². The summed E-state index contributed by atoms with van der Waals surface area (Å²) >= 11 is 3.31. The smallest absolute Gasteiger partial charge is 0.181 e. The molecule has 11 heavy (non-hydrogen) atoms.